The van der Waals surface area contributed by atoms with E-state index in [4.69, 9.17) is 5.11 Å². The molecule has 1 aliphatic carbocycles. The third-order valence-electron chi connectivity index (χ3n) is 3.56. The van der Waals surface area contributed by atoms with Crippen molar-refractivity contribution in [2.75, 3.05) is 11.9 Å². The largest absolute Gasteiger partial charge is 0.481 e. The van der Waals surface area contributed by atoms with Gasteiger partial charge in [0.1, 0.15) is 0 Å². The maximum Gasteiger partial charge on any atom is 0.321 e. The Bertz CT molecular complexity index is 461. The van der Waals surface area contributed by atoms with E-state index in [1.165, 1.54) is 4.90 Å². The van der Waals surface area contributed by atoms with E-state index in [1.54, 1.807) is 7.05 Å². The maximum absolute atomic E-state index is 12.0. The van der Waals surface area contributed by atoms with E-state index in [0.717, 1.165) is 12.1 Å². The molecule has 0 spiro atoms. The number of carboxylic acid groups (broad SMARTS) is 1. The summed E-state index contributed by atoms with van der Waals surface area (Å²) in [5, 5.41) is 11.8. The van der Waals surface area contributed by atoms with Gasteiger partial charge in [-0.2, -0.15) is 0 Å². The molecule has 5 nitrogen and oxygen atoms in total. The van der Waals surface area contributed by atoms with Crippen LogP contribution in [0.2, 0.25) is 0 Å². The molecule has 0 saturated heterocycles. The summed E-state index contributed by atoms with van der Waals surface area (Å²) < 4.78 is 0. The van der Waals surface area contributed by atoms with Crippen molar-refractivity contribution in [3.63, 3.8) is 0 Å². The zero-order valence-electron chi connectivity index (χ0n) is 10.9. The Balaban J connectivity index is 1.90. The summed E-state index contributed by atoms with van der Waals surface area (Å²) in [5.41, 5.74) is 0.813. The number of nitrogens with zero attached hydrogens (tertiary/aromatic N) is 1. The third-order valence-corrected chi connectivity index (χ3v) is 3.56. The van der Waals surface area contributed by atoms with Crippen LogP contribution in [0, 0.1) is 5.92 Å². The fourth-order valence-corrected chi connectivity index (χ4v) is 2.38. The number of hydrogen-bond acceptors (Lipinski definition) is 2. The normalized spacial score (nSPS) is 21.9. The van der Waals surface area contributed by atoms with E-state index in [9.17, 15) is 9.59 Å². The number of rotatable bonds is 3. The highest BCUT2D eigenvalue weighted by atomic mass is 16.4. The maximum atomic E-state index is 12.0. The number of carbonyl (C=O) groups excluding carboxylic acids is 1. The smallest absolute Gasteiger partial charge is 0.321 e. The van der Waals surface area contributed by atoms with Crippen molar-refractivity contribution in [3.05, 3.63) is 30.3 Å². The van der Waals surface area contributed by atoms with Crippen LogP contribution in [0.25, 0.3) is 0 Å². The SMILES string of the molecule is CN(C(=O)N[C@H]1CC[C@@H](C(=O)O)C1)c1ccccc1. The highest BCUT2D eigenvalue weighted by Gasteiger charge is 2.31. The van der Waals surface area contributed by atoms with E-state index < -0.39 is 5.97 Å². The van der Waals surface area contributed by atoms with Gasteiger partial charge in [-0.25, -0.2) is 4.79 Å². The molecule has 0 radical (unpaired) electrons. The average molecular weight is 262 g/mol. The Morgan fingerprint density at radius 1 is 1.26 bits per heavy atom. The molecule has 1 aromatic rings. The van der Waals surface area contributed by atoms with Gasteiger partial charge in [0.2, 0.25) is 0 Å². The molecule has 5 heteroatoms. The zero-order valence-corrected chi connectivity index (χ0v) is 10.9. The summed E-state index contributed by atoms with van der Waals surface area (Å²) in [4.78, 5) is 24.4. The van der Waals surface area contributed by atoms with Gasteiger partial charge in [-0.15, -0.1) is 0 Å². The monoisotopic (exact) mass is 262 g/mol. The molecule has 1 aliphatic rings. The van der Waals surface area contributed by atoms with Gasteiger partial charge in [-0.3, -0.25) is 9.69 Å². The van der Waals surface area contributed by atoms with Crippen molar-refractivity contribution in [3.8, 4) is 0 Å². The van der Waals surface area contributed by atoms with Gasteiger partial charge in [0.15, 0.2) is 0 Å². The van der Waals surface area contributed by atoms with Crippen LogP contribution in [0.15, 0.2) is 30.3 Å². The van der Waals surface area contributed by atoms with Crippen LogP contribution in [0.5, 0.6) is 0 Å². The van der Waals surface area contributed by atoms with Crippen molar-refractivity contribution >= 4 is 17.7 Å². The molecular weight excluding hydrogens is 244 g/mol. The van der Waals surface area contributed by atoms with Gasteiger partial charge in [-0.1, -0.05) is 18.2 Å². The van der Waals surface area contributed by atoms with Gasteiger partial charge >= 0.3 is 12.0 Å². The second-order valence-corrected chi connectivity index (χ2v) is 4.89. The number of carboxylic acids is 1. The van der Waals surface area contributed by atoms with Gasteiger partial charge < -0.3 is 10.4 Å². The van der Waals surface area contributed by atoms with Crippen LogP contribution in [-0.2, 0) is 4.79 Å². The van der Waals surface area contributed by atoms with Crippen molar-refractivity contribution < 1.29 is 14.7 Å². The fraction of sp³-hybridized carbons (Fsp3) is 0.429. The van der Waals surface area contributed by atoms with Crippen LogP contribution < -0.4 is 10.2 Å². The Morgan fingerprint density at radius 3 is 2.53 bits per heavy atom. The molecule has 0 bridgehead atoms. The second kappa shape index (κ2) is 5.73. The molecule has 1 fully saturated rings. The van der Waals surface area contributed by atoms with Crippen molar-refractivity contribution in [1.29, 1.82) is 0 Å². The van der Waals surface area contributed by atoms with Crippen molar-refractivity contribution in [2.24, 2.45) is 5.92 Å². The summed E-state index contributed by atoms with van der Waals surface area (Å²) in [7, 11) is 1.70. The Hall–Kier alpha value is -2.04. The molecule has 1 aromatic carbocycles. The molecule has 19 heavy (non-hydrogen) atoms. The van der Waals surface area contributed by atoms with Crippen LogP contribution in [0.1, 0.15) is 19.3 Å². The van der Waals surface area contributed by atoms with Gasteiger partial charge in [0.25, 0.3) is 0 Å². The van der Waals surface area contributed by atoms with E-state index in [0.29, 0.717) is 12.8 Å². The van der Waals surface area contributed by atoms with Crippen LogP contribution in [-0.4, -0.2) is 30.2 Å². The molecule has 2 N–H and O–H groups in total. The minimum atomic E-state index is -0.770. The first-order valence-electron chi connectivity index (χ1n) is 6.40. The Kier molecular flexibility index (Phi) is 4.04. The van der Waals surface area contributed by atoms with E-state index in [-0.39, 0.29) is 18.0 Å². The number of para-hydroxylation sites is 1. The van der Waals surface area contributed by atoms with Gasteiger partial charge in [-0.05, 0) is 31.4 Å². The number of urea groups is 1. The number of nitrogens with one attached hydrogen (secondary N) is 1. The topological polar surface area (TPSA) is 69.6 Å². The summed E-state index contributed by atoms with van der Waals surface area (Å²) in [6.45, 7) is 0. The minimum Gasteiger partial charge on any atom is -0.481 e. The molecule has 0 unspecified atom stereocenters. The summed E-state index contributed by atoms with van der Waals surface area (Å²) in [5.74, 6) is -1.10. The third kappa shape index (κ3) is 3.24. The van der Waals surface area contributed by atoms with E-state index >= 15 is 0 Å². The molecular formula is C14H18N2O3. The first kappa shape index (κ1) is 13.4. The quantitative estimate of drug-likeness (QED) is 0.876. The van der Waals surface area contributed by atoms with Crippen LogP contribution in [0.3, 0.4) is 0 Å². The second-order valence-electron chi connectivity index (χ2n) is 4.89. The van der Waals surface area contributed by atoms with Crippen LogP contribution >= 0.6 is 0 Å². The lowest BCUT2D eigenvalue weighted by molar-refractivity contribution is -0.141. The summed E-state index contributed by atoms with van der Waals surface area (Å²) in [6, 6.07) is 9.11. The molecule has 2 amide bonds. The summed E-state index contributed by atoms with van der Waals surface area (Å²) >= 11 is 0. The van der Waals surface area contributed by atoms with Gasteiger partial charge in [0, 0.05) is 18.8 Å². The van der Waals surface area contributed by atoms with Crippen molar-refractivity contribution in [1.82, 2.24) is 5.32 Å². The molecule has 102 valence electrons. The number of benzene rings is 1. The summed E-state index contributed by atoms with van der Waals surface area (Å²) in [6.07, 6.45) is 1.88. The lowest BCUT2D eigenvalue weighted by Crippen LogP contribution is -2.42. The molecule has 1 saturated carbocycles. The number of anilines is 1. The van der Waals surface area contributed by atoms with Crippen LogP contribution in [0.4, 0.5) is 10.5 Å². The molecule has 2 atom stereocenters. The number of aliphatic carboxylic acids is 1. The van der Waals surface area contributed by atoms with E-state index in [2.05, 4.69) is 5.32 Å². The van der Waals surface area contributed by atoms with E-state index in [1.807, 2.05) is 30.3 Å². The fourth-order valence-electron chi connectivity index (χ4n) is 2.38. The predicted molar refractivity (Wildman–Crippen MR) is 72.1 cm³/mol. The highest BCUT2D eigenvalue weighted by molar-refractivity contribution is 5.91. The lowest BCUT2D eigenvalue weighted by atomic mass is 10.1. The first-order valence-corrected chi connectivity index (χ1v) is 6.40. The molecule has 0 aromatic heterocycles. The Morgan fingerprint density at radius 2 is 1.95 bits per heavy atom. The predicted octanol–water partition coefficient (Wildman–Crippen LogP) is 2.09. The first-order chi connectivity index (χ1) is 9.08. The Labute approximate surface area is 112 Å². The number of carbonyl (C=O) groups is 2. The number of amides is 2. The lowest BCUT2D eigenvalue weighted by Gasteiger charge is -2.21. The molecule has 0 heterocycles. The highest BCUT2D eigenvalue weighted by Crippen LogP contribution is 2.26. The minimum absolute atomic E-state index is 0.0419. The molecule has 0 aliphatic heterocycles. The average Bonchev–Trinajstić information content (AvgIpc) is 2.87. The zero-order chi connectivity index (χ0) is 13.8. The van der Waals surface area contributed by atoms with Gasteiger partial charge in [0.05, 0.1) is 5.92 Å². The standard InChI is InChI=1S/C14H18N2O3/c1-16(12-5-3-2-4-6-12)14(19)15-11-8-7-10(9-11)13(17)18/h2-6,10-11H,7-9H2,1H3,(H,15,19)(H,17,18)/t10-,11+/m1/s1. The molecule has 2 rings (SSSR count). The van der Waals surface area contributed by atoms with Crippen molar-refractivity contribution in [2.45, 2.75) is 25.3 Å². The number of hydrogen-bond donors (Lipinski definition) is 2.